The maximum Gasteiger partial charge on any atom is 0.0492 e. The molecule has 0 saturated heterocycles. The van der Waals surface area contributed by atoms with E-state index in [1.165, 1.54) is 5.69 Å². The van der Waals surface area contributed by atoms with E-state index in [1.54, 1.807) is 0 Å². The predicted octanol–water partition coefficient (Wildman–Crippen LogP) is 2.13. The Kier molecular flexibility index (Phi) is 3.32. The van der Waals surface area contributed by atoms with Crippen LogP contribution < -0.4 is 5.73 Å². The molecule has 0 atom stereocenters. The summed E-state index contributed by atoms with van der Waals surface area (Å²) < 4.78 is 2.06. The van der Waals surface area contributed by atoms with E-state index in [4.69, 9.17) is 5.73 Å². The van der Waals surface area contributed by atoms with Gasteiger partial charge in [0, 0.05) is 23.5 Å². The highest BCUT2D eigenvalue weighted by molar-refractivity contribution is 5.02. The maximum absolute atomic E-state index is 5.95. The SMILES string of the molecule is CC(C)n1nccc1CCC(C)(C)N. The van der Waals surface area contributed by atoms with Gasteiger partial charge >= 0.3 is 0 Å². The monoisotopic (exact) mass is 195 g/mol. The van der Waals surface area contributed by atoms with Gasteiger partial charge in [-0.3, -0.25) is 4.68 Å². The molecule has 0 aromatic carbocycles. The molecule has 0 bridgehead atoms. The average molecular weight is 195 g/mol. The van der Waals surface area contributed by atoms with Crippen molar-refractivity contribution in [2.24, 2.45) is 5.73 Å². The zero-order valence-corrected chi connectivity index (χ0v) is 9.62. The highest BCUT2D eigenvalue weighted by Gasteiger charge is 2.13. The van der Waals surface area contributed by atoms with E-state index in [2.05, 4.69) is 43.5 Å². The molecule has 0 aliphatic heterocycles. The van der Waals surface area contributed by atoms with Crippen molar-refractivity contribution in [2.45, 2.75) is 52.1 Å². The third-order valence-corrected chi connectivity index (χ3v) is 2.27. The number of aromatic nitrogens is 2. The van der Waals surface area contributed by atoms with Gasteiger partial charge in [0.15, 0.2) is 0 Å². The summed E-state index contributed by atoms with van der Waals surface area (Å²) in [6.45, 7) is 8.40. The van der Waals surface area contributed by atoms with Gasteiger partial charge in [-0.05, 0) is 46.6 Å². The molecule has 1 aromatic rings. The van der Waals surface area contributed by atoms with E-state index >= 15 is 0 Å². The molecule has 1 aromatic heterocycles. The molecule has 14 heavy (non-hydrogen) atoms. The summed E-state index contributed by atoms with van der Waals surface area (Å²) in [6.07, 6.45) is 3.85. The highest BCUT2D eigenvalue weighted by Crippen LogP contribution is 2.13. The first-order valence-electron chi connectivity index (χ1n) is 5.21. The summed E-state index contributed by atoms with van der Waals surface area (Å²) in [5.74, 6) is 0. The largest absolute Gasteiger partial charge is 0.326 e. The number of nitrogens with two attached hydrogens (primary N) is 1. The maximum atomic E-state index is 5.95. The molecule has 0 amide bonds. The van der Waals surface area contributed by atoms with Gasteiger partial charge in [-0.2, -0.15) is 5.10 Å². The Morgan fingerprint density at radius 3 is 2.64 bits per heavy atom. The van der Waals surface area contributed by atoms with E-state index < -0.39 is 0 Å². The van der Waals surface area contributed by atoms with Crippen molar-refractivity contribution in [3.05, 3.63) is 18.0 Å². The molecule has 3 nitrogen and oxygen atoms in total. The van der Waals surface area contributed by atoms with Crippen LogP contribution in [0.4, 0.5) is 0 Å². The zero-order chi connectivity index (χ0) is 10.8. The van der Waals surface area contributed by atoms with Crippen LogP contribution in [-0.4, -0.2) is 15.3 Å². The van der Waals surface area contributed by atoms with Gasteiger partial charge in [-0.15, -0.1) is 0 Å². The number of hydrogen-bond acceptors (Lipinski definition) is 2. The molecule has 1 rings (SSSR count). The molecular weight excluding hydrogens is 174 g/mol. The Morgan fingerprint density at radius 2 is 2.14 bits per heavy atom. The van der Waals surface area contributed by atoms with Crippen LogP contribution >= 0.6 is 0 Å². The van der Waals surface area contributed by atoms with Crippen molar-refractivity contribution in [3.63, 3.8) is 0 Å². The van der Waals surface area contributed by atoms with E-state index in [1.807, 2.05) is 6.20 Å². The third kappa shape index (κ3) is 3.14. The third-order valence-electron chi connectivity index (χ3n) is 2.27. The van der Waals surface area contributed by atoms with Crippen molar-refractivity contribution in [3.8, 4) is 0 Å². The lowest BCUT2D eigenvalue weighted by atomic mass is 9.99. The lowest BCUT2D eigenvalue weighted by Crippen LogP contribution is -2.32. The van der Waals surface area contributed by atoms with Crippen LogP contribution in [0.5, 0.6) is 0 Å². The molecule has 0 aliphatic rings. The smallest absolute Gasteiger partial charge is 0.0492 e. The second-order valence-electron chi connectivity index (χ2n) is 4.85. The minimum atomic E-state index is -0.0912. The quantitative estimate of drug-likeness (QED) is 0.800. The lowest BCUT2D eigenvalue weighted by molar-refractivity contribution is 0.449. The van der Waals surface area contributed by atoms with Gasteiger partial charge in [-0.25, -0.2) is 0 Å². The summed E-state index contributed by atoms with van der Waals surface area (Å²) in [6, 6.07) is 2.51. The predicted molar refractivity (Wildman–Crippen MR) is 59.2 cm³/mol. The minimum Gasteiger partial charge on any atom is -0.326 e. The normalized spacial score (nSPS) is 12.4. The average Bonchev–Trinajstić information content (AvgIpc) is 2.46. The van der Waals surface area contributed by atoms with Crippen LogP contribution in [-0.2, 0) is 6.42 Å². The van der Waals surface area contributed by atoms with Gasteiger partial charge in [0.25, 0.3) is 0 Å². The topological polar surface area (TPSA) is 43.8 Å². The summed E-state index contributed by atoms with van der Waals surface area (Å²) >= 11 is 0. The number of hydrogen-bond donors (Lipinski definition) is 1. The highest BCUT2D eigenvalue weighted by atomic mass is 15.3. The second kappa shape index (κ2) is 4.13. The fraction of sp³-hybridized carbons (Fsp3) is 0.727. The van der Waals surface area contributed by atoms with E-state index in [9.17, 15) is 0 Å². The Labute approximate surface area is 86.3 Å². The summed E-state index contributed by atoms with van der Waals surface area (Å²) in [5.41, 5.74) is 7.13. The fourth-order valence-electron chi connectivity index (χ4n) is 1.45. The Balaban J connectivity index is 2.63. The molecular formula is C11H21N3. The van der Waals surface area contributed by atoms with Gasteiger partial charge in [-0.1, -0.05) is 0 Å². The van der Waals surface area contributed by atoms with Crippen LogP contribution in [0.15, 0.2) is 12.3 Å². The van der Waals surface area contributed by atoms with Crippen molar-refractivity contribution in [2.75, 3.05) is 0 Å². The van der Waals surface area contributed by atoms with Gasteiger partial charge in [0.05, 0.1) is 0 Å². The zero-order valence-electron chi connectivity index (χ0n) is 9.62. The van der Waals surface area contributed by atoms with Crippen molar-refractivity contribution in [1.82, 2.24) is 9.78 Å². The van der Waals surface area contributed by atoms with Crippen LogP contribution in [0.1, 0.15) is 45.9 Å². The molecule has 0 aliphatic carbocycles. The molecule has 0 spiro atoms. The Morgan fingerprint density at radius 1 is 1.50 bits per heavy atom. The molecule has 1 heterocycles. The lowest BCUT2D eigenvalue weighted by Gasteiger charge is -2.19. The van der Waals surface area contributed by atoms with Crippen molar-refractivity contribution in [1.29, 1.82) is 0 Å². The van der Waals surface area contributed by atoms with Crippen LogP contribution in [0.3, 0.4) is 0 Å². The number of rotatable bonds is 4. The van der Waals surface area contributed by atoms with Crippen LogP contribution in [0.25, 0.3) is 0 Å². The first-order valence-corrected chi connectivity index (χ1v) is 5.21. The van der Waals surface area contributed by atoms with E-state index in [0.717, 1.165) is 12.8 Å². The summed E-state index contributed by atoms with van der Waals surface area (Å²) in [4.78, 5) is 0. The van der Waals surface area contributed by atoms with E-state index in [-0.39, 0.29) is 5.54 Å². The molecule has 0 fully saturated rings. The number of aryl methyl sites for hydroxylation is 1. The summed E-state index contributed by atoms with van der Waals surface area (Å²) in [7, 11) is 0. The molecule has 0 radical (unpaired) electrons. The van der Waals surface area contributed by atoms with Crippen molar-refractivity contribution < 1.29 is 0 Å². The standard InChI is InChI=1S/C11H21N3/c1-9(2)14-10(6-8-13-14)5-7-11(3,4)12/h6,8-9H,5,7,12H2,1-4H3. The molecule has 3 heteroatoms. The Bertz CT molecular complexity index is 281. The summed E-state index contributed by atoms with van der Waals surface area (Å²) in [5, 5.41) is 4.29. The number of nitrogens with zero attached hydrogens (tertiary/aromatic N) is 2. The first kappa shape index (κ1) is 11.2. The molecule has 0 saturated carbocycles. The van der Waals surface area contributed by atoms with E-state index in [0.29, 0.717) is 6.04 Å². The van der Waals surface area contributed by atoms with Gasteiger partial charge in [0.1, 0.15) is 0 Å². The minimum absolute atomic E-state index is 0.0912. The first-order chi connectivity index (χ1) is 6.40. The van der Waals surface area contributed by atoms with Gasteiger partial charge in [0.2, 0.25) is 0 Å². The van der Waals surface area contributed by atoms with Gasteiger partial charge < -0.3 is 5.73 Å². The molecule has 0 unspecified atom stereocenters. The van der Waals surface area contributed by atoms with Crippen LogP contribution in [0, 0.1) is 0 Å². The Hall–Kier alpha value is -0.830. The molecule has 80 valence electrons. The second-order valence-corrected chi connectivity index (χ2v) is 4.85. The molecule has 2 N–H and O–H groups in total. The van der Waals surface area contributed by atoms with Crippen molar-refractivity contribution >= 4 is 0 Å². The van der Waals surface area contributed by atoms with Crippen LogP contribution in [0.2, 0.25) is 0 Å². The fourth-order valence-corrected chi connectivity index (χ4v) is 1.45.